The average Bonchev–Trinajstić information content (AvgIpc) is 2.84. The number of halogens is 1. The first-order chi connectivity index (χ1) is 11.9. The molecule has 25 heavy (non-hydrogen) atoms. The lowest BCUT2D eigenvalue weighted by atomic mass is 10.1. The molecule has 3 rings (SSSR count). The van der Waals surface area contributed by atoms with E-state index in [1.54, 1.807) is 6.92 Å². The summed E-state index contributed by atoms with van der Waals surface area (Å²) in [6.45, 7) is 4.90. The van der Waals surface area contributed by atoms with Crippen molar-refractivity contribution in [2.75, 3.05) is 6.54 Å². The van der Waals surface area contributed by atoms with Crippen LogP contribution in [0, 0.1) is 5.82 Å². The molecule has 1 heterocycles. The van der Waals surface area contributed by atoms with E-state index in [0.717, 1.165) is 5.56 Å². The Bertz CT molecular complexity index is 933. The highest BCUT2D eigenvalue weighted by atomic mass is 32.2. The van der Waals surface area contributed by atoms with Crippen molar-refractivity contribution in [1.29, 1.82) is 0 Å². The Morgan fingerprint density at radius 3 is 2.28 bits per heavy atom. The molecular formula is C19H19FN2O2S. The maximum atomic E-state index is 13.2. The molecule has 0 fully saturated rings. The molecule has 0 bridgehead atoms. The zero-order valence-electron chi connectivity index (χ0n) is 14.1. The number of rotatable bonds is 4. The number of hydrogen-bond acceptors (Lipinski definition) is 3. The molecule has 0 spiro atoms. The van der Waals surface area contributed by atoms with Gasteiger partial charge < -0.3 is 4.90 Å². The molecule has 0 radical (unpaired) electrons. The predicted molar refractivity (Wildman–Crippen MR) is 97.9 cm³/mol. The predicted octanol–water partition coefficient (Wildman–Crippen LogP) is 3.82. The number of sulfonamides is 1. The lowest BCUT2D eigenvalue weighted by molar-refractivity contribution is 0.436. The smallest absolute Gasteiger partial charge is 0.285 e. The minimum atomic E-state index is -3.80. The third kappa shape index (κ3) is 3.49. The van der Waals surface area contributed by atoms with Gasteiger partial charge in [0.15, 0.2) is 0 Å². The van der Waals surface area contributed by atoms with Crippen molar-refractivity contribution in [3.8, 4) is 0 Å². The molecule has 0 saturated carbocycles. The molecule has 130 valence electrons. The molecule has 1 aliphatic rings. The van der Waals surface area contributed by atoms with Gasteiger partial charge in [-0.2, -0.15) is 8.42 Å². The van der Waals surface area contributed by atoms with Gasteiger partial charge in [-0.25, -0.2) is 4.39 Å². The summed E-state index contributed by atoms with van der Waals surface area (Å²) in [5.74, 6) is 0.0449. The van der Waals surface area contributed by atoms with Crippen molar-refractivity contribution < 1.29 is 12.8 Å². The van der Waals surface area contributed by atoms with Crippen LogP contribution in [0.15, 0.2) is 64.6 Å². The highest BCUT2D eigenvalue weighted by Gasteiger charge is 2.33. The van der Waals surface area contributed by atoms with Gasteiger partial charge in [0.25, 0.3) is 10.0 Å². The summed E-state index contributed by atoms with van der Waals surface area (Å²) in [6.07, 6.45) is 0. The lowest BCUT2D eigenvalue weighted by Crippen LogP contribution is -2.30. The van der Waals surface area contributed by atoms with E-state index < -0.39 is 15.8 Å². The summed E-state index contributed by atoms with van der Waals surface area (Å²) in [6, 6.07) is 15.3. The van der Waals surface area contributed by atoms with Crippen LogP contribution in [0.4, 0.5) is 4.39 Å². The number of benzene rings is 2. The molecule has 6 heteroatoms. The van der Waals surface area contributed by atoms with Gasteiger partial charge in [0.05, 0.1) is 0 Å². The fourth-order valence-electron chi connectivity index (χ4n) is 2.92. The van der Waals surface area contributed by atoms with Gasteiger partial charge in [-0.05, 0) is 37.1 Å². The van der Waals surface area contributed by atoms with Crippen molar-refractivity contribution in [3.63, 3.8) is 0 Å². The minimum absolute atomic E-state index is 0.147. The van der Waals surface area contributed by atoms with Gasteiger partial charge in [-0.3, -0.25) is 0 Å². The van der Waals surface area contributed by atoms with E-state index in [9.17, 15) is 12.8 Å². The lowest BCUT2D eigenvalue weighted by Gasteiger charge is -2.23. The zero-order chi connectivity index (χ0) is 18.0. The van der Waals surface area contributed by atoms with Crippen LogP contribution >= 0.6 is 0 Å². The fraction of sp³-hybridized carbons (Fsp3) is 0.211. The second kappa shape index (κ2) is 6.80. The molecule has 0 atom stereocenters. The van der Waals surface area contributed by atoms with Crippen LogP contribution in [-0.4, -0.2) is 25.7 Å². The molecular weight excluding hydrogens is 339 g/mol. The number of nitrogens with zero attached hydrogens (tertiary/aromatic N) is 2. The first-order valence-electron chi connectivity index (χ1n) is 8.03. The summed E-state index contributed by atoms with van der Waals surface area (Å²) < 4.78 is 42.3. The van der Waals surface area contributed by atoms with E-state index >= 15 is 0 Å². The molecule has 1 aliphatic heterocycles. The monoisotopic (exact) mass is 358 g/mol. The number of hydrogen-bond donors (Lipinski definition) is 0. The third-order valence-electron chi connectivity index (χ3n) is 4.14. The normalized spacial score (nSPS) is 16.0. The van der Waals surface area contributed by atoms with Crippen molar-refractivity contribution in [2.24, 2.45) is 4.40 Å². The van der Waals surface area contributed by atoms with Crippen LogP contribution in [0.25, 0.3) is 4.91 Å². The van der Waals surface area contributed by atoms with E-state index in [4.69, 9.17) is 0 Å². The maximum absolute atomic E-state index is 13.2. The maximum Gasteiger partial charge on any atom is 0.285 e. The van der Waals surface area contributed by atoms with Gasteiger partial charge >= 0.3 is 0 Å². The highest BCUT2D eigenvalue weighted by Crippen LogP contribution is 2.33. The molecule has 0 N–H and O–H groups in total. The summed E-state index contributed by atoms with van der Waals surface area (Å²) in [4.78, 5) is 2.08. The summed E-state index contributed by atoms with van der Waals surface area (Å²) in [5, 5.41) is 0. The average molecular weight is 358 g/mol. The number of amidine groups is 1. The largest absolute Gasteiger partial charge is 0.352 e. The fourth-order valence-corrected chi connectivity index (χ4v) is 4.41. The standard InChI is InChI=1S/C19H19FN2O2S/c1-3-22(13-15-7-5-4-6-8-15)19-14(2)18(25(23,24)21-19)16-9-11-17(20)12-10-16/h4-12H,3,13H2,1-2H3. The Hall–Kier alpha value is -2.47. The van der Waals surface area contributed by atoms with E-state index in [0.29, 0.717) is 30.1 Å². The van der Waals surface area contributed by atoms with Crippen LogP contribution in [0.5, 0.6) is 0 Å². The van der Waals surface area contributed by atoms with Crippen molar-refractivity contribution >= 4 is 20.8 Å². The Balaban J connectivity index is 2.00. The second-order valence-electron chi connectivity index (χ2n) is 5.85. The Kier molecular flexibility index (Phi) is 4.72. The van der Waals surface area contributed by atoms with Gasteiger partial charge in [0.2, 0.25) is 0 Å². The third-order valence-corrected chi connectivity index (χ3v) is 5.62. The summed E-state index contributed by atoms with van der Waals surface area (Å²) in [7, 11) is -3.80. The highest BCUT2D eigenvalue weighted by molar-refractivity contribution is 8.00. The first kappa shape index (κ1) is 17.4. The van der Waals surface area contributed by atoms with Crippen LogP contribution < -0.4 is 0 Å². The topological polar surface area (TPSA) is 49.7 Å². The molecule has 2 aromatic rings. The molecule has 2 aromatic carbocycles. The van der Waals surface area contributed by atoms with Gasteiger partial charge in [0.1, 0.15) is 16.6 Å². The Labute approximate surface area is 147 Å². The van der Waals surface area contributed by atoms with Crippen molar-refractivity contribution in [1.82, 2.24) is 4.90 Å². The van der Waals surface area contributed by atoms with Crippen LogP contribution in [-0.2, 0) is 16.6 Å². The van der Waals surface area contributed by atoms with E-state index in [1.165, 1.54) is 24.3 Å². The minimum Gasteiger partial charge on any atom is -0.352 e. The van der Waals surface area contributed by atoms with E-state index in [-0.39, 0.29) is 4.91 Å². The molecule has 0 saturated heterocycles. The molecule has 0 aliphatic carbocycles. The van der Waals surface area contributed by atoms with Gasteiger partial charge in [0, 0.05) is 18.7 Å². The molecule has 0 unspecified atom stereocenters. The van der Waals surface area contributed by atoms with Crippen molar-refractivity contribution in [2.45, 2.75) is 20.4 Å². The summed E-state index contributed by atoms with van der Waals surface area (Å²) >= 11 is 0. The Morgan fingerprint density at radius 1 is 1.04 bits per heavy atom. The molecule has 0 aromatic heterocycles. The van der Waals surface area contributed by atoms with Gasteiger partial charge in [-0.1, -0.05) is 42.5 Å². The first-order valence-corrected chi connectivity index (χ1v) is 9.47. The van der Waals surface area contributed by atoms with Gasteiger partial charge in [-0.15, -0.1) is 4.40 Å². The second-order valence-corrected chi connectivity index (χ2v) is 7.39. The molecule has 0 amide bonds. The zero-order valence-corrected chi connectivity index (χ0v) is 14.9. The summed E-state index contributed by atoms with van der Waals surface area (Å²) in [5.41, 5.74) is 2.12. The Morgan fingerprint density at radius 2 is 1.68 bits per heavy atom. The van der Waals surface area contributed by atoms with E-state index in [2.05, 4.69) is 4.40 Å². The van der Waals surface area contributed by atoms with E-state index in [1.807, 2.05) is 42.2 Å². The molecule has 4 nitrogen and oxygen atoms in total. The quantitative estimate of drug-likeness (QED) is 0.835. The SMILES string of the molecule is CCN(Cc1ccccc1)C1=NS(=O)(=O)C(c2ccc(F)cc2)=C1C. The van der Waals surface area contributed by atoms with Crippen molar-refractivity contribution in [3.05, 3.63) is 77.1 Å². The number of likely N-dealkylation sites (N-methyl/N-ethyl adjacent to an activating group) is 1. The van der Waals surface area contributed by atoms with Crippen LogP contribution in [0.2, 0.25) is 0 Å². The van der Waals surface area contributed by atoms with Crippen LogP contribution in [0.3, 0.4) is 0 Å². The van der Waals surface area contributed by atoms with Crippen LogP contribution in [0.1, 0.15) is 25.0 Å².